The molecule has 3 N–H and O–H groups in total. The Morgan fingerprint density at radius 2 is 1.95 bits per heavy atom. The molecular formula is C29H36N2O6. The number of nitrogens with zero attached hydrogens (tertiary/aromatic N) is 1. The Bertz CT molecular complexity index is 1090. The van der Waals surface area contributed by atoms with Crippen LogP contribution in [0.5, 0.6) is 11.5 Å². The van der Waals surface area contributed by atoms with Crippen molar-refractivity contribution in [1.82, 2.24) is 5.32 Å². The molecule has 1 fully saturated rings. The molecule has 1 heterocycles. The molecule has 0 unspecified atom stereocenters. The van der Waals surface area contributed by atoms with Crippen molar-refractivity contribution in [2.45, 2.75) is 62.3 Å². The van der Waals surface area contributed by atoms with Crippen molar-refractivity contribution in [3.63, 3.8) is 0 Å². The highest BCUT2D eigenvalue weighted by Crippen LogP contribution is 2.43. The molecule has 37 heavy (non-hydrogen) atoms. The van der Waals surface area contributed by atoms with E-state index in [1.807, 2.05) is 48.5 Å². The van der Waals surface area contributed by atoms with Crippen LogP contribution in [0.2, 0.25) is 0 Å². The van der Waals surface area contributed by atoms with Gasteiger partial charge in [-0.2, -0.15) is 0 Å². The lowest BCUT2D eigenvalue weighted by molar-refractivity contribution is -0.130. The quantitative estimate of drug-likeness (QED) is 0.315. The summed E-state index contributed by atoms with van der Waals surface area (Å²) in [5.41, 5.74) is 0.246. The number of aliphatic hydroxyl groups is 2. The fourth-order valence-corrected chi connectivity index (χ4v) is 4.87. The lowest BCUT2D eigenvalue weighted by Gasteiger charge is -2.33. The number of amides is 1. The smallest absolute Gasteiger partial charge is 0.252 e. The van der Waals surface area contributed by atoms with Gasteiger partial charge in [-0.15, -0.1) is 6.58 Å². The van der Waals surface area contributed by atoms with Crippen molar-refractivity contribution in [3.05, 3.63) is 72.3 Å². The highest BCUT2D eigenvalue weighted by molar-refractivity contribution is 6.01. The molecule has 198 valence electrons. The maximum absolute atomic E-state index is 13.9. The third-order valence-corrected chi connectivity index (χ3v) is 6.91. The zero-order valence-electron chi connectivity index (χ0n) is 21.3. The first kappa shape index (κ1) is 26.7. The highest BCUT2D eigenvalue weighted by atomic mass is 16.5. The predicted molar refractivity (Wildman–Crippen MR) is 141 cm³/mol. The van der Waals surface area contributed by atoms with Gasteiger partial charge in [0.05, 0.1) is 19.8 Å². The first-order valence-corrected chi connectivity index (χ1v) is 12.8. The third kappa shape index (κ3) is 6.14. The highest BCUT2D eigenvalue weighted by Gasteiger charge is 2.53. The Morgan fingerprint density at radius 1 is 1.19 bits per heavy atom. The van der Waals surface area contributed by atoms with E-state index >= 15 is 0 Å². The minimum absolute atomic E-state index is 0.0295. The number of hydrogen-bond acceptors (Lipinski definition) is 7. The fraction of sp³-hybridized carbons (Fsp3) is 0.448. The Labute approximate surface area is 218 Å². The van der Waals surface area contributed by atoms with Gasteiger partial charge in [0.1, 0.15) is 11.5 Å². The number of carbonyl (C=O) groups excluding carboxylic acids is 1. The van der Waals surface area contributed by atoms with Crippen molar-refractivity contribution in [3.8, 4) is 11.5 Å². The summed E-state index contributed by atoms with van der Waals surface area (Å²) in [5, 5.41) is 22.0. The van der Waals surface area contributed by atoms with Gasteiger partial charge in [-0.1, -0.05) is 18.2 Å². The van der Waals surface area contributed by atoms with E-state index in [4.69, 9.17) is 24.3 Å². The van der Waals surface area contributed by atoms with Crippen LogP contribution in [-0.4, -0.2) is 60.0 Å². The number of carbonyl (C=O) groups is 1. The number of hydrogen-bond donors (Lipinski definition) is 3. The average Bonchev–Trinajstić information content (AvgIpc) is 3.31. The van der Waals surface area contributed by atoms with E-state index in [0.717, 1.165) is 24.0 Å². The predicted octanol–water partition coefficient (Wildman–Crippen LogP) is 3.71. The van der Waals surface area contributed by atoms with Crippen molar-refractivity contribution in [1.29, 1.82) is 0 Å². The zero-order valence-corrected chi connectivity index (χ0v) is 21.3. The number of ether oxygens (including phenoxy) is 3. The topological polar surface area (TPSA) is 110 Å². The van der Waals surface area contributed by atoms with Crippen LogP contribution in [-0.2, 0) is 9.53 Å². The SMILES string of the molecule is C=CC[C@@]1(C(=O)NC2CCC(O)CC2)N=C(c2ccc(OCCCO)cc2)O[C@@H]1c1cccc(OC)c1. The maximum Gasteiger partial charge on any atom is 0.252 e. The molecule has 0 aromatic heterocycles. The average molecular weight is 509 g/mol. The molecule has 1 aliphatic heterocycles. The number of nitrogens with one attached hydrogen (secondary N) is 1. The normalized spacial score (nSPS) is 25.1. The molecule has 2 aromatic carbocycles. The number of aliphatic hydroxyl groups excluding tert-OH is 2. The van der Waals surface area contributed by atoms with Crippen molar-refractivity contribution >= 4 is 11.8 Å². The van der Waals surface area contributed by atoms with E-state index in [1.54, 1.807) is 13.2 Å². The first-order valence-electron chi connectivity index (χ1n) is 12.8. The molecule has 2 aromatic rings. The summed E-state index contributed by atoms with van der Waals surface area (Å²) in [6.45, 7) is 4.41. The van der Waals surface area contributed by atoms with Crippen LogP contribution in [0.4, 0.5) is 0 Å². The Balaban J connectivity index is 1.67. The van der Waals surface area contributed by atoms with Crippen LogP contribution < -0.4 is 14.8 Å². The molecule has 2 aliphatic rings. The van der Waals surface area contributed by atoms with E-state index in [0.29, 0.717) is 43.3 Å². The Morgan fingerprint density at radius 3 is 2.62 bits per heavy atom. The summed E-state index contributed by atoms with van der Waals surface area (Å²) in [5.74, 6) is 1.48. The fourth-order valence-electron chi connectivity index (χ4n) is 4.87. The van der Waals surface area contributed by atoms with Gasteiger partial charge in [0, 0.05) is 31.1 Å². The molecule has 8 nitrogen and oxygen atoms in total. The van der Waals surface area contributed by atoms with Crippen LogP contribution >= 0.6 is 0 Å². The van der Waals surface area contributed by atoms with Gasteiger partial charge in [-0.3, -0.25) is 4.79 Å². The second-order valence-corrected chi connectivity index (χ2v) is 9.54. The standard InChI is InChI=1S/C29H36N2O6/c1-3-16-29(28(34)30-22-10-12-23(33)13-11-22)26(21-6-4-7-25(19-21)35-2)37-27(31-29)20-8-14-24(15-9-20)36-18-5-17-32/h3-4,6-9,14-15,19,22-23,26,32-33H,1,5,10-13,16-18H2,2H3,(H,30,34)/t22?,23?,26-,29-/m1/s1. The van der Waals surface area contributed by atoms with Crippen molar-refractivity contribution < 1.29 is 29.2 Å². The number of aliphatic imine (C=N–C) groups is 1. The minimum atomic E-state index is -1.25. The Kier molecular flexibility index (Phi) is 8.84. The minimum Gasteiger partial charge on any atom is -0.497 e. The summed E-state index contributed by atoms with van der Waals surface area (Å²) in [7, 11) is 1.60. The van der Waals surface area contributed by atoms with Gasteiger partial charge >= 0.3 is 0 Å². The second-order valence-electron chi connectivity index (χ2n) is 9.54. The number of benzene rings is 2. The molecule has 2 atom stereocenters. The second kappa shape index (κ2) is 12.3. The van der Waals surface area contributed by atoms with E-state index < -0.39 is 11.6 Å². The molecule has 0 bridgehead atoms. The monoisotopic (exact) mass is 508 g/mol. The molecule has 0 saturated heterocycles. The van der Waals surface area contributed by atoms with Gasteiger partial charge in [-0.05, 0) is 67.6 Å². The van der Waals surface area contributed by atoms with Crippen LogP contribution in [0.1, 0.15) is 55.8 Å². The lowest BCUT2D eigenvalue weighted by atomic mass is 9.83. The maximum atomic E-state index is 13.9. The number of methoxy groups -OCH3 is 1. The van der Waals surface area contributed by atoms with Crippen molar-refractivity contribution in [2.75, 3.05) is 20.3 Å². The molecule has 1 aliphatic carbocycles. The van der Waals surface area contributed by atoms with Crippen LogP contribution in [0.25, 0.3) is 0 Å². The lowest BCUT2D eigenvalue weighted by Crippen LogP contribution is -2.52. The summed E-state index contributed by atoms with van der Waals surface area (Å²) in [6, 6.07) is 14.8. The van der Waals surface area contributed by atoms with E-state index in [9.17, 15) is 9.90 Å². The van der Waals surface area contributed by atoms with Gasteiger partial charge in [0.25, 0.3) is 5.91 Å². The van der Waals surface area contributed by atoms with Gasteiger partial charge in [0.2, 0.25) is 5.90 Å². The Hall–Kier alpha value is -3.36. The molecule has 1 saturated carbocycles. The third-order valence-electron chi connectivity index (χ3n) is 6.91. The van der Waals surface area contributed by atoms with E-state index in [2.05, 4.69) is 11.9 Å². The largest absolute Gasteiger partial charge is 0.497 e. The van der Waals surface area contributed by atoms with E-state index in [1.165, 1.54) is 0 Å². The van der Waals surface area contributed by atoms with Crippen LogP contribution in [0.15, 0.2) is 66.2 Å². The first-order chi connectivity index (χ1) is 18.0. The van der Waals surface area contributed by atoms with E-state index in [-0.39, 0.29) is 31.1 Å². The summed E-state index contributed by atoms with van der Waals surface area (Å²) >= 11 is 0. The van der Waals surface area contributed by atoms with Gasteiger partial charge < -0.3 is 29.7 Å². The zero-order chi connectivity index (χ0) is 26.3. The van der Waals surface area contributed by atoms with Gasteiger partial charge in [0.15, 0.2) is 11.6 Å². The summed E-state index contributed by atoms with van der Waals surface area (Å²) < 4.78 is 17.5. The molecule has 1 amide bonds. The molecule has 8 heteroatoms. The summed E-state index contributed by atoms with van der Waals surface area (Å²) in [4.78, 5) is 18.9. The van der Waals surface area contributed by atoms with Crippen molar-refractivity contribution in [2.24, 2.45) is 4.99 Å². The number of rotatable bonds is 11. The molecule has 0 radical (unpaired) electrons. The van der Waals surface area contributed by atoms with Crippen LogP contribution in [0.3, 0.4) is 0 Å². The van der Waals surface area contributed by atoms with Gasteiger partial charge in [-0.25, -0.2) is 4.99 Å². The molecular weight excluding hydrogens is 472 g/mol. The molecule has 4 rings (SSSR count). The molecule has 0 spiro atoms. The van der Waals surface area contributed by atoms with Crippen LogP contribution in [0, 0.1) is 0 Å². The summed E-state index contributed by atoms with van der Waals surface area (Å²) in [6.07, 6.45) is 4.30.